The van der Waals surface area contributed by atoms with E-state index in [4.69, 9.17) is 5.26 Å². The van der Waals surface area contributed by atoms with Crippen molar-refractivity contribution in [2.24, 2.45) is 11.8 Å². The van der Waals surface area contributed by atoms with Gasteiger partial charge >= 0.3 is 0 Å². The second kappa shape index (κ2) is 3.49. The summed E-state index contributed by atoms with van der Waals surface area (Å²) < 4.78 is 0. The summed E-state index contributed by atoms with van der Waals surface area (Å²) in [5.41, 5.74) is 0. The maximum absolute atomic E-state index is 8.45. The van der Waals surface area contributed by atoms with E-state index in [1.54, 1.807) is 0 Å². The Labute approximate surface area is 51.3 Å². The minimum atomic E-state index is 0.259. The molecule has 46 valence electrons. The van der Waals surface area contributed by atoms with Crippen LogP contribution in [-0.4, -0.2) is 0 Å². The second-order valence-electron chi connectivity index (χ2n) is 2.39. The van der Waals surface area contributed by atoms with Crippen molar-refractivity contribution >= 4 is 0 Å². The van der Waals surface area contributed by atoms with Crippen molar-refractivity contribution in [3.63, 3.8) is 0 Å². The highest BCUT2D eigenvalue weighted by molar-refractivity contribution is 4.83. The van der Waals surface area contributed by atoms with Crippen molar-refractivity contribution in [3.8, 4) is 6.07 Å². The van der Waals surface area contributed by atoms with E-state index in [0.717, 1.165) is 6.42 Å². The molecule has 0 aromatic carbocycles. The zero-order chi connectivity index (χ0) is 6.57. The predicted molar refractivity (Wildman–Crippen MR) is 34.2 cm³/mol. The van der Waals surface area contributed by atoms with Gasteiger partial charge in [-0.15, -0.1) is 0 Å². The first-order valence-electron chi connectivity index (χ1n) is 3.12. The molecule has 0 fully saturated rings. The van der Waals surface area contributed by atoms with E-state index < -0.39 is 0 Å². The van der Waals surface area contributed by atoms with E-state index in [2.05, 4.69) is 19.9 Å². The summed E-state index contributed by atoms with van der Waals surface area (Å²) in [5, 5.41) is 8.45. The predicted octanol–water partition coefficient (Wildman–Crippen LogP) is 2.19. The van der Waals surface area contributed by atoms with Crippen LogP contribution in [0.1, 0.15) is 27.2 Å². The van der Waals surface area contributed by atoms with Gasteiger partial charge in [0.05, 0.1) is 6.07 Å². The van der Waals surface area contributed by atoms with E-state index in [-0.39, 0.29) is 5.92 Å². The Morgan fingerprint density at radius 1 is 1.50 bits per heavy atom. The molecule has 0 bridgehead atoms. The van der Waals surface area contributed by atoms with Crippen molar-refractivity contribution < 1.29 is 0 Å². The molecule has 0 aliphatic heterocycles. The van der Waals surface area contributed by atoms with Gasteiger partial charge in [-0.3, -0.25) is 0 Å². The first-order valence-corrected chi connectivity index (χ1v) is 3.12. The molecule has 0 radical (unpaired) electrons. The first kappa shape index (κ1) is 7.49. The average Bonchev–Trinajstić information content (AvgIpc) is 1.69. The lowest BCUT2D eigenvalue weighted by Crippen LogP contribution is -2.03. The van der Waals surface area contributed by atoms with Crippen LogP contribution in [0.5, 0.6) is 0 Å². The fourth-order valence-electron chi connectivity index (χ4n) is 0.712. The monoisotopic (exact) mass is 111 g/mol. The fraction of sp³-hybridized carbons (Fsp3) is 0.857. The summed E-state index contributed by atoms with van der Waals surface area (Å²) in [6.45, 7) is 6.21. The molecular formula is C7H13N. The van der Waals surface area contributed by atoms with Crippen molar-refractivity contribution in [1.29, 1.82) is 5.26 Å². The summed E-state index contributed by atoms with van der Waals surface area (Å²) in [6, 6.07) is 2.25. The Morgan fingerprint density at radius 2 is 2.00 bits per heavy atom. The van der Waals surface area contributed by atoms with Gasteiger partial charge < -0.3 is 0 Å². The van der Waals surface area contributed by atoms with Crippen molar-refractivity contribution in [1.82, 2.24) is 0 Å². The smallest absolute Gasteiger partial charge is 0.0658 e. The summed E-state index contributed by atoms with van der Waals surface area (Å²) in [4.78, 5) is 0. The fourth-order valence-corrected chi connectivity index (χ4v) is 0.712. The molecule has 1 atom stereocenters. The summed E-state index contributed by atoms with van der Waals surface area (Å²) >= 11 is 0. The summed E-state index contributed by atoms with van der Waals surface area (Å²) in [6.07, 6.45) is 0.980. The molecule has 8 heavy (non-hydrogen) atoms. The third-order valence-corrected chi connectivity index (χ3v) is 1.41. The van der Waals surface area contributed by atoms with Gasteiger partial charge in [0.1, 0.15) is 0 Å². The van der Waals surface area contributed by atoms with Crippen LogP contribution in [0.25, 0.3) is 0 Å². The molecule has 0 rings (SSSR count). The molecule has 0 N–H and O–H groups in total. The van der Waals surface area contributed by atoms with Crippen LogP contribution >= 0.6 is 0 Å². The molecule has 0 aliphatic rings. The normalized spacial score (nSPS) is 13.4. The average molecular weight is 111 g/mol. The van der Waals surface area contributed by atoms with Crippen LogP contribution in [0.15, 0.2) is 0 Å². The van der Waals surface area contributed by atoms with Crippen LogP contribution in [0.4, 0.5) is 0 Å². The van der Waals surface area contributed by atoms with E-state index in [1.807, 2.05) is 6.92 Å². The lowest BCUT2D eigenvalue weighted by atomic mass is 9.95. The molecule has 0 aromatic rings. The molecule has 0 amide bonds. The summed E-state index contributed by atoms with van der Waals surface area (Å²) in [7, 11) is 0. The highest BCUT2D eigenvalue weighted by atomic mass is 14.3. The molecule has 0 heterocycles. The van der Waals surface area contributed by atoms with Gasteiger partial charge in [-0.05, 0) is 12.3 Å². The van der Waals surface area contributed by atoms with Gasteiger partial charge in [0, 0.05) is 5.92 Å². The highest BCUT2D eigenvalue weighted by Gasteiger charge is 2.07. The van der Waals surface area contributed by atoms with E-state index >= 15 is 0 Å². The Kier molecular flexibility index (Phi) is 3.26. The highest BCUT2D eigenvalue weighted by Crippen LogP contribution is 2.11. The van der Waals surface area contributed by atoms with Crippen LogP contribution in [-0.2, 0) is 0 Å². The standard InChI is InChI=1S/C7H13N/c1-4-7(5-8)6(2)3/h6-7H,4H2,1-3H3/t7-/m1/s1. The Morgan fingerprint density at radius 3 is 2.00 bits per heavy atom. The maximum atomic E-state index is 8.45. The third kappa shape index (κ3) is 1.97. The quantitative estimate of drug-likeness (QED) is 0.536. The third-order valence-electron chi connectivity index (χ3n) is 1.41. The van der Waals surface area contributed by atoms with Gasteiger partial charge in [-0.25, -0.2) is 0 Å². The minimum absolute atomic E-state index is 0.259. The molecule has 0 saturated carbocycles. The van der Waals surface area contributed by atoms with Crippen molar-refractivity contribution in [2.45, 2.75) is 27.2 Å². The van der Waals surface area contributed by atoms with Crippen molar-refractivity contribution in [3.05, 3.63) is 0 Å². The number of nitrogens with zero attached hydrogens (tertiary/aromatic N) is 1. The molecule has 0 aromatic heterocycles. The van der Waals surface area contributed by atoms with Crippen molar-refractivity contribution in [2.75, 3.05) is 0 Å². The molecule has 0 unspecified atom stereocenters. The Bertz CT molecular complexity index is 89.1. The molecule has 0 aliphatic carbocycles. The largest absolute Gasteiger partial charge is 0.198 e. The molecule has 1 heteroatoms. The SMILES string of the molecule is CC[C@H](C#N)C(C)C. The van der Waals surface area contributed by atoms with E-state index in [9.17, 15) is 0 Å². The summed E-state index contributed by atoms with van der Waals surface area (Å²) in [5.74, 6) is 0.778. The maximum Gasteiger partial charge on any atom is 0.0658 e. The Balaban J connectivity index is 3.57. The van der Waals surface area contributed by atoms with Crippen LogP contribution in [0, 0.1) is 23.2 Å². The minimum Gasteiger partial charge on any atom is -0.198 e. The van der Waals surface area contributed by atoms with Gasteiger partial charge in [0.25, 0.3) is 0 Å². The molecular weight excluding hydrogens is 98.1 g/mol. The molecule has 0 saturated heterocycles. The van der Waals surface area contributed by atoms with Gasteiger partial charge in [0.15, 0.2) is 0 Å². The van der Waals surface area contributed by atoms with Crippen LogP contribution < -0.4 is 0 Å². The zero-order valence-corrected chi connectivity index (χ0v) is 5.81. The lowest BCUT2D eigenvalue weighted by Gasteiger charge is -2.07. The number of nitriles is 1. The van der Waals surface area contributed by atoms with Gasteiger partial charge in [-0.1, -0.05) is 20.8 Å². The topological polar surface area (TPSA) is 23.8 Å². The van der Waals surface area contributed by atoms with Crippen LogP contribution in [0.2, 0.25) is 0 Å². The lowest BCUT2D eigenvalue weighted by molar-refractivity contribution is 0.463. The first-order chi connectivity index (χ1) is 3.72. The van der Waals surface area contributed by atoms with E-state index in [1.165, 1.54) is 0 Å². The zero-order valence-electron chi connectivity index (χ0n) is 5.81. The second-order valence-corrected chi connectivity index (χ2v) is 2.39. The van der Waals surface area contributed by atoms with Gasteiger partial charge in [0.2, 0.25) is 0 Å². The number of hydrogen-bond acceptors (Lipinski definition) is 1. The number of rotatable bonds is 2. The molecule has 1 nitrogen and oxygen atoms in total. The van der Waals surface area contributed by atoms with E-state index in [0.29, 0.717) is 5.92 Å². The number of hydrogen-bond donors (Lipinski definition) is 0. The van der Waals surface area contributed by atoms with Crippen LogP contribution in [0.3, 0.4) is 0 Å². The Hall–Kier alpha value is -0.510. The molecule has 0 spiro atoms. The van der Waals surface area contributed by atoms with Gasteiger partial charge in [-0.2, -0.15) is 5.26 Å².